The first-order valence-corrected chi connectivity index (χ1v) is 6.91. The van der Waals surface area contributed by atoms with Crippen molar-refractivity contribution in [1.82, 2.24) is 0 Å². The van der Waals surface area contributed by atoms with Crippen LogP contribution in [-0.2, 0) is 6.42 Å². The average Bonchev–Trinajstić information content (AvgIpc) is 2.52. The van der Waals surface area contributed by atoms with E-state index in [1.807, 2.05) is 24.3 Å². The second-order valence-electron chi connectivity index (χ2n) is 4.62. The van der Waals surface area contributed by atoms with Crippen molar-refractivity contribution in [3.63, 3.8) is 0 Å². The second-order valence-corrected chi connectivity index (χ2v) is 5.06. The third-order valence-electron chi connectivity index (χ3n) is 3.30. The van der Waals surface area contributed by atoms with Crippen LogP contribution >= 0.6 is 11.6 Å². The predicted molar refractivity (Wildman–Crippen MR) is 83.1 cm³/mol. The quantitative estimate of drug-likeness (QED) is 0.831. The van der Waals surface area contributed by atoms with Gasteiger partial charge in [-0.2, -0.15) is 5.26 Å². The minimum Gasteiger partial charge on any atom is -0.497 e. The summed E-state index contributed by atoms with van der Waals surface area (Å²) >= 11 is 6.04. The van der Waals surface area contributed by atoms with Crippen LogP contribution in [-0.4, -0.2) is 14.2 Å². The highest BCUT2D eigenvalue weighted by molar-refractivity contribution is 6.30. The molecule has 0 amide bonds. The summed E-state index contributed by atoms with van der Waals surface area (Å²) in [5.41, 5.74) is 1.83. The number of rotatable bonds is 5. The molecule has 0 bridgehead atoms. The molecule has 1 atom stereocenters. The van der Waals surface area contributed by atoms with E-state index in [2.05, 4.69) is 6.07 Å². The van der Waals surface area contributed by atoms with Crippen molar-refractivity contribution >= 4 is 11.6 Å². The van der Waals surface area contributed by atoms with Crippen LogP contribution in [0.2, 0.25) is 5.02 Å². The Bertz CT molecular complexity index is 664. The van der Waals surface area contributed by atoms with E-state index >= 15 is 0 Å². The van der Waals surface area contributed by atoms with Crippen LogP contribution in [0, 0.1) is 11.3 Å². The van der Waals surface area contributed by atoms with Crippen LogP contribution in [0.3, 0.4) is 0 Å². The third-order valence-corrected chi connectivity index (χ3v) is 3.53. The van der Waals surface area contributed by atoms with E-state index in [0.29, 0.717) is 17.2 Å². The van der Waals surface area contributed by atoms with E-state index in [4.69, 9.17) is 21.1 Å². The van der Waals surface area contributed by atoms with Gasteiger partial charge in [0.05, 0.1) is 26.2 Å². The van der Waals surface area contributed by atoms with Crippen LogP contribution in [0.5, 0.6) is 11.5 Å². The molecule has 0 aliphatic heterocycles. The molecule has 0 aromatic heterocycles. The highest BCUT2D eigenvalue weighted by Gasteiger charge is 2.17. The Morgan fingerprint density at radius 3 is 2.62 bits per heavy atom. The van der Waals surface area contributed by atoms with Gasteiger partial charge in [-0.1, -0.05) is 23.7 Å². The molecule has 2 aromatic carbocycles. The molecule has 0 aliphatic carbocycles. The van der Waals surface area contributed by atoms with E-state index < -0.39 is 0 Å². The molecule has 0 saturated heterocycles. The van der Waals surface area contributed by atoms with Gasteiger partial charge in [0.2, 0.25) is 0 Å². The first kappa shape index (κ1) is 15.2. The van der Waals surface area contributed by atoms with E-state index in [1.165, 1.54) is 0 Å². The number of ether oxygens (including phenoxy) is 2. The zero-order chi connectivity index (χ0) is 15.2. The van der Waals surface area contributed by atoms with Crippen LogP contribution in [0.1, 0.15) is 17.0 Å². The first-order valence-electron chi connectivity index (χ1n) is 6.54. The summed E-state index contributed by atoms with van der Waals surface area (Å²) in [6.45, 7) is 0. The van der Waals surface area contributed by atoms with Crippen LogP contribution in [0.25, 0.3) is 0 Å². The Hall–Kier alpha value is -2.18. The van der Waals surface area contributed by atoms with Gasteiger partial charge in [-0.25, -0.2) is 0 Å². The lowest BCUT2D eigenvalue weighted by Crippen LogP contribution is -2.03. The van der Waals surface area contributed by atoms with E-state index in [1.54, 1.807) is 32.4 Å². The largest absolute Gasteiger partial charge is 0.497 e. The van der Waals surface area contributed by atoms with Crippen molar-refractivity contribution in [2.45, 2.75) is 12.3 Å². The van der Waals surface area contributed by atoms with Crippen molar-refractivity contribution in [2.75, 3.05) is 14.2 Å². The molecule has 0 aliphatic rings. The van der Waals surface area contributed by atoms with Crippen molar-refractivity contribution in [3.8, 4) is 17.6 Å². The fourth-order valence-corrected chi connectivity index (χ4v) is 2.42. The zero-order valence-electron chi connectivity index (χ0n) is 12.0. The second kappa shape index (κ2) is 7.01. The topological polar surface area (TPSA) is 42.2 Å². The SMILES string of the molecule is COc1cccc(CC(C#N)c2cc(Cl)ccc2OC)c1. The molecule has 2 rings (SSSR count). The molecule has 0 heterocycles. The lowest BCUT2D eigenvalue weighted by Gasteiger charge is -2.14. The molecule has 4 heteroatoms. The number of nitrogens with zero attached hydrogens (tertiary/aromatic N) is 1. The van der Waals surface area contributed by atoms with Gasteiger partial charge in [0.25, 0.3) is 0 Å². The Morgan fingerprint density at radius 2 is 1.95 bits per heavy atom. The standard InChI is InChI=1S/C17H16ClNO2/c1-20-15-5-3-4-12(9-15)8-13(11-19)16-10-14(18)6-7-17(16)21-2/h3-7,9-10,13H,8H2,1-2H3. The summed E-state index contributed by atoms with van der Waals surface area (Å²) in [4.78, 5) is 0. The molecule has 3 nitrogen and oxygen atoms in total. The number of nitriles is 1. The predicted octanol–water partition coefficient (Wildman–Crippen LogP) is 4.21. The number of benzene rings is 2. The lowest BCUT2D eigenvalue weighted by atomic mass is 9.92. The molecular weight excluding hydrogens is 286 g/mol. The Morgan fingerprint density at radius 1 is 1.14 bits per heavy atom. The van der Waals surface area contributed by atoms with Crippen molar-refractivity contribution in [2.24, 2.45) is 0 Å². The summed E-state index contributed by atoms with van der Waals surface area (Å²) < 4.78 is 10.5. The molecule has 1 unspecified atom stereocenters. The highest BCUT2D eigenvalue weighted by Crippen LogP contribution is 2.32. The molecule has 21 heavy (non-hydrogen) atoms. The highest BCUT2D eigenvalue weighted by atomic mass is 35.5. The number of methoxy groups -OCH3 is 2. The first-order chi connectivity index (χ1) is 10.2. The summed E-state index contributed by atoms with van der Waals surface area (Å²) in [5.74, 6) is 1.13. The van der Waals surface area contributed by atoms with Crippen molar-refractivity contribution in [1.29, 1.82) is 5.26 Å². The van der Waals surface area contributed by atoms with Gasteiger partial charge in [0, 0.05) is 10.6 Å². The molecule has 0 N–H and O–H groups in total. The summed E-state index contributed by atoms with van der Waals surface area (Å²) in [5, 5.41) is 10.1. The van der Waals surface area contributed by atoms with Gasteiger partial charge < -0.3 is 9.47 Å². The normalized spacial score (nSPS) is 11.5. The minimum absolute atomic E-state index is 0.328. The van der Waals surface area contributed by atoms with E-state index in [9.17, 15) is 5.26 Å². The van der Waals surface area contributed by atoms with Crippen LogP contribution < -0.4 is 9.47 Å². The van der Waals surface area contributed by atoms with Gasteiger partial charge in [-0.15, -0.1) is 0 Å². The van der Waals surface area contributed by atoms with E-state index in [-0.39, 0.29) is 5.92 Å². The molecule has 0 fully saturated rings. The monoisotopic (exact) mass is 301 g/mol. The summed E-state index contributed by atoms with van der Waals surface area (Å²) in [7, 11) is 3.22. The van der Waals surface area contributed by atoms with Crippen LogP contribution in [0.15, 0.2) is 42.5 Å². The molecule has 0 spiro atoms. The maximum Gasteiger partial charge on any atom is 0.123 e. The smallest absolute Gasteiger partial charge is 0.123 e. The Kier molecular flexibility index (Phi) is 5.08. The lowest BCUT2D eigenvalue weighted by molar-refractivity contribution is 0.408. The van der Waals surface area contributed by atoms with Crippen molar-refractivity contribution in [3.05, 3.63) is 58.6 Å². The minimum atomic E-state index is -0.328. The van der Waals surface area contributed by atoms with E-state index in [0.717, 1.165) is 16.9 Å². The van der Waals surface area contributed by atoms with Gasteiger partial charge in [-0.05, 0) is 42.3 Å². The fraction of sp³-hybridized carbons (Fsp3) is 0.235. The third kappa shape index (κ3) is 3.68. The number of hydrogen-bond acceptors (Lipinski definition) is 3. The summed E-state index contributed by atoms with van der Waals surface area (Å²) in [6, 6.07) is 15.4. The van der Waals surface area contributed by atoms with Gasteiger partial charge in [0.1, 0.15) is 11.5 Å². The zero-order valence-corrected chi connectivity index (χ0v) is 12.7. The average molecular weight is 302 g/mol. The maximum absolute atomic E-state index is 9.50. The van der Waals surface area contributed by atoms with Gasteiger partial charge >= 0.3 is 0 Å². The molecule has 2 aromatic rings. The molecule has 0 radical (unpaired) electrons. The molecular formula is C17H16ClNO2. The Labute approximate surface area is 129 Å². The van der Waals surface area contributed by atoms with Crippen LogP contribution in [0.4, 0.5) is 0 Å². The number of hydrogen-bond donors (Lipinski definition) is 0. The Balaban J connectivity index is 2.32. The maximum atomic E-state index is 9.50. The molecule has 0 saturated carbocycles. The summed E-state index contributed by atoms with van der Waals surface area (Å²) in [6.07, 6.45) is 0.574. The van der Waals surface area contributed by atoms with Crippen molar-refractivity contribution < 1.29 is 9.47 Å². The van der Waals surface area contributed by atoms with Gasteiger partial charge in [-0.3, -0.25) is 0 Å². The fourth-order valence-electron chi connectivity index (χ4n) is 2.24. The van der Waals surface area contributed by atoms with Gasteiger partial charge in [0.15, 0.2) is 0 Å². The number of halogens is 1. The molecule has 108 valence electrons.